The van der Waals surface area contributed by atoms with E-state index in [2.05, 4.69) is 5.32 Å². The van der Waals surface area contributed by atoms with Crippen LogP contribution in [0.4, 0.5) is 4.79 Å². The number of carbonyl (C=O) groups excluding carboxylic acids is 3. The van der Waals surface area contributed by atoms with E-state index in [1.807, 2.05) is 30.3 Å². The molecule has 1 saturated carbocycles. The van der Waals surface area contributed by atoms with Crippen molar-refractivity contribution in [2.24, 2.45) is 0 Å². The standard InChI is InChI=1S/C26H31NO8/c1-26(2,3)35-25(30)27-17-11-18(12-17)34-19-13-20(23(28)31-4)22(24(29)32-5)21(14-19)33-15-16-9-7-6-8-10-16/h6-10,13-14,17-18H,11-12,15H2,1-5H3,(H,27,30)/t17-,18-. The fourth-order valence-corrected chi connectivity index (χ4v) is 3.54. The number of ether oxygens (including phenoxy) is 5. The highest BCUT2D eigenvalue weighted by atomic mass is 16.6. The summed E-state index contributed by atoms with van der Waals surface area (Å²) in [6, 6.07) is 12.3. The number of nitrogens with one attached hydrogen (secondary N) is 1. The Morgan fingerprint density at radius 3 is 2.23 bits per heavy atom. The molecule has 9 nitrogen and oxygen atoms in total. The second kappa shape index (κ2) is 11.1. The van der Waals surface area contributed by atoms with Crippen molar-refractivity contribution in [1.82, 2.24) is 5.32 Å². The third-order valence-electron chi connectivity index (χ3n) is 5.23. The van der Waals surface area contributed by atoms with Crippen LogP contribution in [0.1, 0.15) is 59.9 Å². The average Bonchev–Trinajstić information content (AvgIpc) is 2.79. The van der Waals surface area contributed by atoms with Gasteiger partial charge in [0.2, 0.25) is 0 Å². The monoisotopic (exact) mass is 485 g/mol. The Morgan fingerprint density at radius 1 is 0.971 bits per heavy atom. The van der Waals surface area contributed by atoms with E-state index in [1.54, 1.807) is 26.8 Å². The van der Waals surface area contributed by atoms with Gasteiger partial charge in [-0.2, -0.15) is 0 Å². The van der Waals surface area contributed by atoms with E-state index in [-0.39, 0.29) is 35.6 Å². The molecular formula is C26H31NO8. The zero-order chi connectivity index (χ0) is 25.6. The van der Waals surface area contributed by atoms with E-state index in [9.17, 15) is 14.4 Å². The van der Waals surface area contributed by atoms with Crippen LogP contribution in [0.2, 0.25) is 0 Å². The molecule has 1 aliphatic rings. The Bertz CT molecular complexity index is 1060. The van der Waals surface area contributed by atoms with Gasteiger partial charge in [0.15, 0.2) is 0 Å². The van der Waals surface area contributed by atoms with Crippen molar-refractivity contribution in [2.45, 2.75) is 58.0 Å². The lowest BCUT2D eigenvalue weighted by molar-refractivity contribution is 0.0360. The molecule has 0 aromatic heterocycles. The van der Waals surface area contributed by atoms with E-state index in [1.165, 1.54) is 20.3 Å². The molecule has 188 valence electrons. The normalized spacial score (nSPS) is 16.9. The number of methoxy groups -OCH3 is 2. The Kier molecular flexibility index (Phi) is 8.22. The Labute approximate surface area is 204 Å². The first-order valence-electron chi connectivity index (χ1n) is 11.3. The maximum Gasteiger partial charge on any atom is 0.407 e. The van der Waals surface area contributed by atoms with Crippen molar-refractivity contribution < 1.29 is 38.1 Å². The Morgan fingerprint density at radius 2 is 1.63 bits per heavy atom. The molecule has 3 rings (SSSR count). The quantitative estimate of drug-likeness (QED) is 0.436. The van der Waals surface area contributed by atoms with Gasteiger partial charge >= 0.3 is 18.0 Å². The molecule has 0 bridgehead atoms. The van der Waals surface area contributed by atoms with Crippen LogP contribution < -0.4 is 14.8 Å². The van der Waals surface area contributed by atoms with Gasteiger partial charge in [0.05, 0.1) is 19.8 Å². The molecule has 2 aromatic carbocycles. The summed E-state index contributed by atoms with van der Waals surface area (Å²) in [7, 11) is 2.45. The number of hydrogen-bond acceptors (Lipinski definition) is 8. The molecule has 0 heterocycles. The van der Waals surface area contributed by atoms with E-state index >= 15 is 0 Å². The molecule has 0 unspecified atom stereocenters. The van der Waals surface area contributed by atoms with E-state index in [4.69, 9.17) is 23.7 Å². The number of rotatable bonds is 8. The number of esters is 2. The summed E-state index contributed by atoms with van der Waals surface area (Å²) < 4.78 is 27.0. The molecule has 0 radical (unpaired) electrons. The number of alkyl carbamates (subject to hydrolysis) is 1. The fourth-order valence-electron chi connectivity index (χ4n) is 3.54. The molecular weight excluding hydrogens is 454 g/mol. The van der Waals surface area contributed by atoms with Gasteiger partial charge in [-0.1, -0.05) is 30.3 Å². The Balaban J connectivity index is 1.77. The number of hydrogen-bond donors (Lipinski definition) is 1. The second-order valence-electron chi connectivity index (χ2n) is 9.16. The van der Waals surface area contributed by atoms with Crippen LogP contribution in [-0.4, -0.2) is 50.0 Å². The SMILES string of the molecule is COC(=O)c1cc(O[C@H]2C[C@H](NC(=O)OC(C)(C)C)C2)cc(OCc2ccccc2)c1C(=O)OC. The first-order valence-corrected chi connectivity index (χ1v) is 11.3. The summed E-state index contributed by atoms with van der Waals surface area (Å²) in [6.45, 7) is 5.56. The first-order chi connectivity index (χ1) is 16.6. The van der Waals surface area contributed by atoms with E-state index in [0.29, 0.717) is 18.6 Å². The summed E-state index contributed by atoms with van der Waals surface area (Å²) in [5.41, 5.74) is 0.235. The average molecular weight is 486 g/mol. The maximum absolute atomic E-state index is 12.5. The van der Waals surface area contributed by atoms with Crippen molar-refractivity contribution in [1.29, 1.82) is 0 Å². The summed E-state index contributed by atoms with van der Waals surface area (Å²) in [5, 5.41) is 2.81. The van der Waals surface area contributed by atoms with Crippen LogP contribution in [-0.2, 0) is 20.8 Å². The number of carbonyl (C=O) groups is 3. The second-order valence-corrected chi connectivity index (χ2v) is 9.16. The van der Waals surface area contributed by atoms with Crippen molar-refractivity contribution in [3.63, 3.8) is 0 Å². The predicted octanol–water partition coefficient (Wildman–Crippen LogP) is 4.27. The number of benzene rings is 2. The zero-order valence-corrected chi connectivity index (χ0v) is 20.6. The molecule has 1 amide bonds. The third-order valence-corrected chi connectivity index (χ3v) is 5.23. The molecule has 0 aliphatic heterocycles. The highest BCUT2D eigenvalue weighted by molar-refractivity contribution is 6.05. The van der Waals surface area contributed by atoms with Crippen LogP contribution in [0.15, 0.2) is 42.5 Å². The van der Waals surface area contributed by atoms with Crippen LogP contribution in [0.5, 0.6) is 11.5 Å². The molecule has 0 saturated heterocycles. The summed E-state index contributed by atoms with van der Waals surface area (Å²) in [4.78, 5) is 37.0. The lowest BCUT2D eigenvalue weighted by atomic mass is 9.89. The van der Waals surface area contributed by atoms with Gasteiger partial charge in [-0.15, -0.1) is 0 Å². The van der Waals surface area contributed by atoms with Gasteiger partial charge < -0.3 is 29.0 Å². The highest BCUT2D eigenvalue weighted by Gasteiger charge is 2.34. The maximum atomic E-state index is 12.5. The number of amides is 1. The van der Waals surface area contributed by atoms with E-state index in [0.717, 1.165) is 5.56 Å². The summed E-state index contributed by atoms with van der Waals surface area (Å²) in [5.74, 6) is -0.980. The summed E-state index contributed by atoms with van der Waals surface area (Å²) >= 11 is 0. The van der Waals surface area contributed by atoms with Gasteiger partial charge in [-0.3, -0.25) is 0 Å². The smallest absolute Gasteiger partial charge is 0.407 e. The van der Waals surface area contributed by atoms with Gasteiger partial charge in [0.25, 0.3) is 0 Å². The molecule has 0 atom stereocenters. The molecule has 1 aliphatic carbocycles. The van der Waals surface area contributed by atoms with Crippen LogP contribution in [0, 0.1) is 0 Å². The van der Waals surface area contributed by atoms with Gasteiger partial charge in [-0.05, 0) is 32.4 Å². The molecule has 9 heteroatoms. The minimum Gasteiger partial charge on any atom is -0.490 e. The molecule has 1 fully saturated rings. The van der Waals surface area contributed by atoms with Crippen molar-refractivity contribution in [2.75, 3.05) is 14.2 Å². The van der Waals surface area contributed by atoms with Crippen LogP contribution >= 0.6 is 0 Å². The zero-order valence-electron chi connectivity index (χ0n) is 20.6. The third kappa shape index (κ3) is 7.11. The summed E-state index contributed by atoms with van der Waals surface area (Å²) in [6.07, 6.45) is 0.441. The van der Waals surface area contributed by atoms with E-state index < -0.39 is 23.6 Å². The fraction of sp³-hybridized carbons (Fsp3) is 0.423. The topological polar surface area (TPSA) is 109 Å². The van der Waals surface area contributed by atoms with Gasteiger partial charge in [0, 0.05) is 24.9 Å². The van der Waals surface area contributed by atoms with Crippen molar-refractivity contribution in [3.05, 3.63) is 59.2 Å². The lowest BCUT2D eigenvalue weighted by Gasteiger charge is -2.36. The molecule has 35 heavy (non-hydrogen) atoms. The molecule has 0 spiro atoms. The van der Waals surface area contributed by atoms with Gasteiger partial charge in [-0.25, -0.2) is 14.4 Å². The first kappa shape index (κ1) is 25.9. The van der Waals surface area contributed by atoms with Crippen LogP contribution in [0.25, 0.3) is 0 Å². The minimum atomic E-state index is -0.731. The Hall–Kier alpha value is -3.75. The molecule has 2 aromatic rings. The highest BCUT2D eigenvalue weighted by Crippen LogP contribution is 2.34. The van der Waals surface area contributed by atoms with Gasteiger partial charge in [0.1, 0.15) is 35.4 Å². The lowest BCUT2D eigenvalue weighted by Crippen LogP contribution is -2.50. The van der Waals surface area contributed by atoms with Crippen LogP contribution in [0.3, 0.4) is 0 Å². The van der Waals surface area contributed by atoms with Crippen molar-refractivity contribution >= 4 is 18.0 Å². The predicted molar refractivity (Wildman–Crippen MR) is 127 cm³/mol. The molecule has 1 N–H and O–H groups in total. The largest absolute Gasteiger partial charge is 0.490 e. The van der Waals surface area contributed by atoms with Crippen molar-refractivity contribution in [3.8, 4) is 11.5 Å². The minimum absolute atomic E-state index is 0.0253.